The van der Waals surface area contributed by atoms with Gasteiger partial charge in [0.15, 0.2) is 5.11 Å². The number of ether oxygens (including phenoxy) is 1. The minimum absolute atomic E-state index is 0.0836. The minimum Gasteiger partial charge on any atom is -0.497 e. The molecule has 0 bridgehead atoms. The number of methoxy groups -OCH3 is 1. The van der Waals surface area contributed by atoms with Gasteiger partial charge in [-0.05, 0) is 55.0 Å². The van der Waals surface area contributed by atoms with Crippen LogP contribution in [-0.4, -0.2) is 24.0 Å². The van der Waals surface area contributed by atoms with Crippen molar-refractivity contribution in [3.8, 4) is 5.75 Å². The third-order valence-electron chi connectivity index (χ3n) is 3.53. The Morgan fingerprint density at radius 3 is 2.63 bits per heavy atom. The molecule has 3 N–H and O–H groups in total. The summed E-state index contributed by atoms with van der Waals surface area (Å²) in [7, 11) is 1.53. The molecule has 0 spiro atoms. The summed E-state index contributed by atoms with van der Waals surface area (Å²) < 4.78 is 5.10. The number of benzene rings is 2. The van der Waals surface area contributed by atoms with Gasteiger partial charge in [0.25, 0.3) is 5.91 Å². The number of nitrogens with one attached hydrogen (secondary N) is 3. The Kier molecular flexibility index (Phi) is 7.57. The van der Waals surface area contributed by atoms with Crippen LogP contribution in [0.5, 0.6) is 5.75 Å². The second kappa shape index (κ2) is 9.89. The zero-order valence-corrected chi connectivity index (χ0v) is 16.5. The van der Waals surface area contributed by atoms with Crippen LogP contribution in [-0.2, 0) is 4.79 Å². The summed E-state index contributed by atoms with van der Waals surface area (Å²) in [6, 6.07) is 11.7. The summed E-state index contributed by atoms with van der Waals surface area (Å²) >= 11 is 11.4. The van der Waals surface area contributed by atoms with Gasteiger partial charge in [-0.15, -0.1) is 0 Å². The van der Waals surface area contributed by atoms with E-state index in [1.54, 1.807) is 42.5 Å². The molecule has 0 aliphatic carbocycles. The third kappa shape index (κ3) is 6.23. The molecule has 0 atom stereocenters. The van der Waals surface area contributed by atoms with E-state index in [-0.39, 0.29) is 16.9 Å². The van der Waals surface area contributed by atoms with Crippen molar-refractivity contribution in [3.05, 3.63) is 53.1 Å². The molecular formula is C19H20ClN3O3S. The van der Waals surface area contributed by atoms with Crippen LogP contribution in [0.2, 0.25) is 5.02 Å². The smallest absolute Gasteiger partial charge is 0.257 e. The van der Waals surface area contributed by atoms with Gasteiger partial charge in [-0.25, -0.2) is 0 Å². The Labute approximate surface area is 168 Å². The molecule has 0 saturated carbocycles. The van der Waals surface area contributed by atoms with E-state index in [4.69, 9.17) is 28.6 Å². The van der Waals surface area contributed by atoms with Crippen molar-refractivity contribution >= 4 is 52.1 Å². The molecule has 0 radical (unpaired) electrons. The molecule has 6 nitrogen and oxygen atoms in total. The number of anilines is 2. The normalized spacial score (nSPS) is 10.0. The van der Waals surface area contributed by atoms with Crippen molar-refractivity contribution in [2.45, 2.75) is 19.8 Å². The Morgan fingerprint density at radius 1 is 1.15 bits per heavy atom. The van der Waals surface area contributed by atoms with Crippen molar-refractivity contribution in [2.75, 3.05) is 17.7 Å². The van der Waals surface area contributed by atoms with Crippen LogP contribution >= 0.6 is 23.8 Å². The van der Waals surface area contributed by atoms with Crippen molar-refractivity contribution in [2.24, 2.45) is 0 Å². The van der Waals surface area contributed by atoms with Crippen LogP contribution in [0.3, 0.4) is 0 Å². The Hall–Kier alpha value is -2.64. The lowest BCUT2D eigenvalue weighted by Gasteiger charge is -2.13. The summed E-state index contributed by atoms with van der Waals surface area (Å²) in [5.41, 5.74) is 1.47. The number of carbonyl (C=O) groups is 2. The van der Waals surface area contributed by atoms with E-state index in [9.17, 15) is 9.59 Å². The van der Waals surface area contributed by atoms with Crippen molar-refractivity contribution in [1.82, 2.24) is 5.32 Å². The standard InChI is InChI=1S/C19H20ClN3O3S/c1-3-5-17(24)21-13-8-9-15(20)16(11-13)22-19(27)23-18(25)12-6-4-7-14(10-12)26-2/h4,6-11H,3,5H2,1-2H3,(H,21,24)(H2,22,23,25,27). The topological polar surface area (TPSA) is 79.5 Å². The molecule has 0 fully saturated rings. The number of thiocarbonyl (C=S) groups is 1. The number of hydrogen-bond donors (Lipinski definition) is 3. The number of hydrogen-bond acceptors (Lipinski definition) is 4. The van der Waals surface area contributed by atoms with Gasteiger partial charge in [0.05, 0.1) is 17.8 Å². The first kappa shape index (κ1) is 20.7. The van der Waals surface area contributed by atoms with Crippen LogP contribution in [0, 0.1) is 0 Å². The lowest BCUT2D eigenvalue weighted by Crippen LogP contribution is -2.34. The second-order valence-electron chi connectivity index (χ2n) is 5.63. The molecule has 8 heteroatoms. The average Bonchev–Trinajstić information content (AvgIpc) is 2.64. The second-order valence-corrected chi connectivity index (χ2v) is 6.45. The number of halogens is 1. The van der Waals surface area contributed by atoms with Crippen LogP contribution in [0.15, 0.2) is 42.5 Å². The van der Waals surface area contributed by atoms with Gasteiger partial charge in [0.1, 0.15) is 5.75 Å². The van der Waals surface area contributed by atoms with Crippen molar-refractivity contribution < 1.29 is 14.3 Å². The van der Waals surface area contributed by atoms with E-state index in [1.165, 1.54) is 7.11 Å². The van der Waals surface area contributed by atoms with E-state index in [2.05, 4.69) is 16.0 Å². The molecule has 0 unspecified atom stereocenters. The predicted molar refractivity (Wildman–Crippen MR) is 112 cm³/mol. The fourth-order valence-corrected chi connectivity index (χ4v) is 2.61. The number of carbonyl (C=O) groups excluding carboxylic acids is 2. The van der Waals surface area contributed by atoms with Crippen LogP contribution in [0.25, 0.3) is 0 Å². The fourth-order valence-electron chi connectivity index (χ4n) is 2.24. The summed E-state index contributed by atoms with van der Waals surface area (Å²) in [4.78, 5) is 24.0. The molecule has 0 aromatic heterocycles. The summed E-state index contributed by atoms with van der Waals surface area (Å²) in [5, 5.41) is 8.72. The van der Waals surface area contributed by atoms with E-state index >= 15 is 0 Å². The van der Waals surface area contributed by atoms with Gasteiger partial charge in [-0.3, -0.25) is 14.9 Å². The molecule has 27 heavy (non-hydrogen) atoms. The fraction of sp³-hybridized carbons (Fsp3) is 0.211. The summed E-state index contributed by atoms with van der Waals surface area (Å²) in [6.45, 7) is 1.93. The van der Waals surface area contributed by atoms with E-state index < -0.39 is 0 Å². The Bertz CT molecular complexity index is 858. The molecule has 2 aromatic carbocycles. The molecule has 0 heterocycles. The molecule has 2 rings (SSSR count). The molecule has 2 amide bonds. The maximum Gasteiger partial charge on any atom is 0.257 e. The van der Waals surface area contributed by atoms with E-state index in [1.807, 2.05) is 6.92 Å². The Balaban J connectivity index is 2.04. The van der Waals surface area contributed by atoms with Gasteiger partial charge in [-0.2, -0.15) is 0 Å². The molecule has 0 aliphatic rings. The highest BCUT2D eigenvalue weighted by Crippen LogP contribution is 2.25. The predicted octanol–water partition coefficient (Wildman–Crippen LogP) is 4.21. The summed E-state index contributed by atoms with van der Waals surface area (Å²) in [5.74, 6) is 0.106. The van der Waals surface area contributed by atoms with Gasteiger partial charge < -0.3 is 15.4 Å². The van der Waals surface area contributed by atoms with Crippen LogP contribution in [0.1, 0.15) is 30.1 Å². The first-order chi connectivity index (χ1) is 12.9. The molecule has 0 saturated heterocycles. The molecular weight excluding hydrogens is 386 g/mol. The van der Waals surface area contributed by atoms with Crippen LogP contribution < -0.4 is 20.7 Å². The van der Waals surface area contributed by atoms with E-state index in [0.29, 0.717) is 34.1 Å². The maximum absolute atomic E-state index is 12.3. The maximum atomic E-state index is 12.3. The SMILES string of the molecule is CCCC(=O)Nc1ccc(Cl)c(NC(=S)NC(=O)c2cccc(OC)c2)c1. The molecule has 0 aliphatic heterocycles. The third-order valence-corrected chi connectivity index (χ3v) is 4.07. The number of amides is 2. The largest absolute Gasteiger partial charge is 0.497 e. The Morgan fingerprint density at radius 2 is 1.93 bits per heavy atom. The summed E-state index contributed by atoms with van der Waals surface area (Å²) in [6.07, 6.45) is 1.19. The quantitative estimate of drug-likeness (QED) is 0.627. The lowest BCUT2D eigenvalue weighted by molar-refractivity contribution is -0.116. The first-order valence-corrected chi connectivity index (χ1v) is 9.07. The highest BCUT2D eigenvalue weighted by Gasteiger charge is 2.11. The first-order valence-electron chi connectivity index (χ1n) is 8.28. The van der Waals surface area contributed by atoms with Crippen molar-refractivity contribution in [3.63, 3.8) is 0 Å². The zero-order chi connectivity index (χ0) is 19.8. The monoisotopic (exact) mass is 405 g/mol. The van der Waals surface area contributed by atoms with Gasteiger partial charge >= 0.3 is 0 Å². The van der Waals surface area contributed by atoms with Crippen molar-refractivity contribution in [1.29, 1.82) is 0 Å². The molecule has 2 aromatic rings. The van der Waals surface area contributed by atoms with Gasteiger partial charge in [-0.1, -0.05) is 24.6 Å². The average molecular weight is 406 g/mol. The van der Waals surface area contributed by atoms with E-state index in [0.717, 1.165) is 6.42 Å². The van der Waals surface area contributed by atoms with Gasteiger partial charge in [0.2, 0.25) is 5.91 Å². The minimum atomic E-state index is -0.380. The lowest BCUT2D eigenvalue weighted by atomic mass is 10.2. The number of rotatable bonds is 6. The van der Waals surface area contributed by atoms with Gasteiger partial charge in [0, 0.05) is 17.7 Å². The highest BCUT2D eigenvalue weighted by molar-refractivity contribution is 7.80. The highest BCUT2D eigenvalue weighted by atomic mass is 35.5. The molecule has 142 valence electrons. The van der Waals surface area contributed by atoms with Crippen LogP contribution in [0.4, 0.5) is 11.4 Å². The zero-order valence-electron chi connectivity index (χ0n) is 15.0.